The molecule has 0 N–H and O–H groups in total. The van der Waals surface area contributed by atoms with Gasteiger partial charge in [-0.3, -0.25) is 0 Å². The van der Waals surface area contributed by atoms with Gasteiger partial charge < -0.3 is 4.74 Å². The summed E-state index contributed by atoms with van der Waals surface area (Å²) < 4.78 is 7.49. The topological polar surface area (TPSA) is 27.1 Å². The van der Waals surface area contributed by atoms with Crippen molar-refractivity contribution in [1.29, 1.82) is 0 Å². The van der Waals surface area contributed by atoms with Crippen LogP contribution in [0.2, 0.25) is 5.02 Å². The van der Waals surface area contributed by atoms with Gasteiger partial charge in [0.15, 0.2) is 0 Å². The lowest BCUT2D eigenvalue weighted by Crippen LogP contribution is -1.99. The molecule has 1 heterocycles. The van der Waals surface area contributed by atoms with E-state index in [9.17, 15) is 0 Å². The molecule has 100 valence electrons. The highest BCUT2D eigenvalue weighted by atomic mass is 35.5. The number of ether oxygens (including phenoxy) is 1. The third kappa shape index (κ3) is 3.00. The zero-order valence-corrected chi connectivity index (χ0v) is 11.5. The second kappa shape index (κ2) is 5.80. The maximum absolute atomic E-state index is 5.91. The first-order chi connectivity index (χ1) is 9.81. The van der Waals surface area contributed by atoms with Crippen molar-refractivity contribution in [2.24, 2.45) is 0 Å². The fraction of sp³-hybridized carbons (Fsp3) is 0.0625. The Bertz CT molecular complexity index is 694. The van der Waals surface area contributed by atoms with Gasteiger partial charge in [0, 0.05) is 11.2 Å². The molecule has 0 unspecified atom stereocenters. The third-order valence-electron chi connectivity index (χ3n) is 2.85. The Hall–Kier alpha value is -2.26. The Labute approximate surface area is 122 Å². The predicted molar refractivity (Wildman–Crippen MR) is 79.3 cm³/mol. The van der Waals surface area contributed by atoms with Gasteiger partial charge >= 0.3 is 0 Å². The highest BCUT2D eigenvalue weighted by Gasteiger charge is 2.02. The van der Waals surface area contributed by atoms with Gasteiger partial charge in [-0.25, -0.2) is 4.68 Å². The maximum atomic E-state index is 5.91. The molecule has 0 bridgehead atoms. The van der Waals surface area contributed by atoms with Crippen LogP contribution >= 0.6 is 11.6 Å². The summed E-state index contributed by atoms with van der Waals surface area (Å²) >= 11 is 5.91. The maximum Gasteiger partial charge on any atom is 0.132 e. The molecule has 3 nitrogen and oxygen atoms in total. The zero-order valence-electron chi connectivity index (χ0n) is 10.7. The van der Waals surface area contributed by atoms with E-state index in [-0.39, 0.29) is 0 Å². The summed E-state index contributed by atoms with van der Waals surface area (Å²) in [5.74, 6) is 0.742. The second-order valence-corrected chi connectivity index (χ2v) is 4.77. The number of hydrogen-bond acceptors (Lipinski definition) is 2. The van der Waals surface area contributed by atoms with E-state index in [1.807, 2.05) is 65.5 Å². The van der Waals surface area contributed by atoms with E-state index >= 15 is 0 Å². The largest absolute Gasteiger partial charge is 0.487 e. The molecular weight excluding hydrogens is 272 g/mol. The Kier molecular flexibility index (Phi) is 3.70. The molecule has 0 aliphatic heterocycles. The molecule has 0 aliphatic rings. The van der Waals surface area contributed by atoms with Crippen molar-refractivity contribution in [1.82, 2.24) is 9.78 Å². The SMILES string of the molecule is Clc1cccc(OCc2ccn(-c3ccccc3)n2)c1. The van der Waals surface area contributed by atoms with E-state index in [1.165, 1.54) is 0 Å². The van der Waals surface area contributed by atoms with Crippen LogP contribution in [0.25, 0.3) is 5.69 Å². The fourth-order valence-corrected chi connectivity index (χ4v) is 2.06. The molecule has 20 heavy (non-hydrogen) atoms. The van der Waals surface area contributed by atoms with Crippen LogP contribution in [0.1, 0.15) is 5.69 Å². The van der Waals surface area contributed by atoms with Gasteiger partial charge in [-0.1, -0.05) is 35.9 Å². The van der Waals surface area contributed by atoms with Crippen LogP contribution in [0.4, 0.5) is 0 Å². The quantitative estimate of drug-likeness (QED) is 0.721. The van der Waals surface area contributed by atoms with Crippen LogP contribution in [-0.4, -0.2) is 9.78 Å². The van der Waals surface area contributed by atoms with Gasteiger partial charge in [0.2, 0.25) is 0 Å². The van der Waals surface area contributed by atoms with Crippen LogP contribution in [0.15, 0.2) is 66.9 Å². The van der Waals surface area contributed by atoms with Crippen molar-refractivity contribution in [3.63, 3.8) is 0 Å². The minimum Gasteiger partial charge on any atom is -0.487 e. The fourth-order valence-electron chi connectivity index (χ4n) is 1.88. The molecule has 3 rings (SSSR count). The van der Waals surface area contributed by atoms with E-state index in [4.69, 9.17) is 16.3 Å². The Balaban J connectivity index is 1.69. The van der Waals surface area contributed by atoms with Crippen LogP contribution < -0.4 is 4.74 Å². The highest BCUT2D eigenvalue weighted by Crippen LogP contribution is 2.18. The molecule has 0 radical (unpaired) electrons. The molecule has 0 saturated carbocycles. The molecule has 3 aromatic rings. The Morgan fingerprint density at radius 2 is 1.85 bits per heavy atom. The lowest BCUT2D eigenvalue weighted by atomic mass is 10.3. The van der Waals surface area contributed by atoms with Crippen molar-refractivity contribution < 1.29 is 4.74 Å². The van der Waals surface area contributed by atoms with Crippen LogP contribution in [0.5, 0.6) is 5.75 Å². The normalized spacial score (nSPS) is 10.4. The van der Waals surface area contributed by atoms with E-state index in [0.717, 1.165) is 17.1 Å². The number of aromatic nitrogens is 2. The number of para-hydroxylation sites is 1. The summed E-state index contributed by atoms with van der Waals surface area (Å²) in [5, 5.41) is 5.14. The third-order valence-corrected chi connectivity index (χ3v) is 3.08. The van der Waals surface area contributed by atoms with Gasteiger partial charge in [0.25, 0.3) is 0 Å². The standard InChI is InChI=1S/C16H13ClN2O/c17-13-5-4-8-16(11-13)20-12-14-9-10-19(18-14)15-6-2-1-3-7-15/h1-11H,12H2. The molecule has 0 amide bonds. The summed E-state index contributed by atoms with van der Waals surface area (Å²) in [7, 11) is 0. The van der Waals surface area contributed by atoms with Gasteiger partial charge in [0.05, 0.1) is 5.69 Å². The summed E-state index contributed by atoms with van der Waals surface area (Å²) in [6.45, 7) is 0.417. The molecule has 1 aromatic heterocycles. The summed E-state index contributed by atoms with van der Waals surface area (Å²) in [5.41, 5.74) is 1.90. The molecule has 0 saturated heterocycles. The first-order valence-corrected chi connectivity index (χ1v) is 6.67. The van der Waals surface area contributed by atoms with E-state index in [0.29, 0.717) is 11.6 Å². The highest BCUT2D eigenvalue weighted by molar-refractivity contribution is 6.30. The van der Waals surface area contributed by atoms with E-state index in [1.54, 1.807) is 6.07 Å². The molecule has 2 aromatic carbocycles. The monoisotopic (exact) mass is 284 g/mol. The van der Waals surface area contributed by atoms with Crippen LogP contribution in [0, 0.1) is 0 Å². The molecule has 4 heteroatoms. The molecular formula is C16H13ClN2O. The average molecular weight is 285 g/mol. The van der Waals surface area contributed by atoms with Crippen molar-refractivity contribution in [3.8, 4) is 11.4 Å². The first-order valence-electron chi connectivity index (χ1n) is 6.29. The molecule has 0 fully saturated rings. The summed E-state index contributed by atoms with van der Waals surface area (Å²) in [6.07, 6.45) is 1.92. The second-order valence-electron chi connectivity index (χ2n) is 4.33. The molecule has 0 spiro atoms. The lowest BCUT2D eigenvalue weighted by molar-refractivity contribution is 0.300. The molecule has 0 atom stereocenters. The van der Waals surface area contributed by atoms with Crippen molar-refractivity contribution in [2.45, 2.75) is 6.61 Å². The van der Waals surface area contributed by atoms with Crippen LogP contribution in [-0.2, 0) is 6.61 Å². The summed E-state index contributed by atoms with van der Waals surface area (Å²) in [6, 6.07) is 19.3. The zero-order chi connectivity index (χ0) is 13.8. The van der Waals surface area contributed by atoms with E-state index < -0.39 is 0 Å². The predicted octanol–water partition coefficient (Wildman–Crippen LogP) is 4.10. The van der Waals surface area contributed by atoms with Gasteiger partial charge in [-0.2, -0.15) is 5.10 Å². The van der Waals surface area contributed by atoms with Gasteiger partial charge in [0.1, 0.15) is 18.1 Å². The first kappa shape index (κ1) is 12.8. The Morgan fingerprint density at radius 3 is 2.65 bits per heavy atom. The van der Waals surface area contributed by atoms with Crippen molar-refractivity contribution >= 4 is 11.6 Å². The molecule has 0 aliphatic carbocycles. The smallest absolute Gasteiger partial charge is 0.132 e. The van der Waals surface area contributed by atoms with Crippen molar-refractivity contribution in [2.75, 3.05) is 0 Å². The van der Waals surface area contributed by atoms with Gasteiger partial charge in [-0.15, -0.1) is 0 Å². The number of halogens is 1. The average Bonchev–Trinajstić information content (AvgIpc) is 2.95. The lowest BCUT2D eigenvalue weighted by Gasteiger charge is -2.04. The van der Waals surface area contributed by atoms with E-state index in [2.05, 4.69) is 5.10 Å². The number of benzene rings is 2. The van der Waals surface area contributed by atoms with Crippen LogP contribution in [0.3, 0.4) is 0 Å². The van der Waals surface area contributed by atoms with Gasteiger partial charge in [-0.05, 0) is 36.4 Å². The minimum atomic E-state index is 0.417. The minimum absolute atomic E-state index is 0.417. The number of rotatable bonds is 4. The number of hydrogen-bond donors (Lipinski definition) is 0. The Morgan fingerprint density at radius 1 is 1.00 bits per heavy atom. The number of nitrogens with zero attached hydrogens (tertiary/aromatic N) is 2. The summed E-state index contributed by atoms with van der Waals surface area (Å²) in [4.78, 5) is 0. The van der Waals surface area contributed by atoms with Crippen molar-refractivity contribution in [3.05, 3.63) is 77.6 Å².